The Morgan fingerprint density at radius 3 is 2.62 bits per heavy atom. The highest BCUT2D eigenvalue weighted by Gasteiger charge is 1.95. The van der Waals surface area contributed by atoms with Crippen LogP contribution in [0, 0.1) is 0 Å². The third kappa shape index (κ3) is 2.39. The molecule has 1 aromatic carbocycles. The maximum atomic E-state index is 4.05. The maximum Gasteiger partial charge on any atom is 0.0794 e. The molecule has 0 bridgehead atoms. The monoisotopic (exact) mass is 189 g/mol. The summed E-state index contributed by atoms with van der Waals surface area (Å²) in [5, 5.41) is 0. The largest absolute Gasteiger partial charge is 0.253 e. The van der Waals surface area contributed by atoms with Gasteiger partial charge in [-0.15, -0.1) is 11.3 Å². The van der Waals surface area contributed by atoms with Crippen LogP contribution in [0.15, 0.2) is 42.0 Å². The van der Waals surface area contributed by atoms with Crippen molar-refractivity contribution in [3.8, 4) is 0 Å². The highest BCUT2D eigenvalue weighted by Crippen LogP contribution is 2.10. The molecular weight excluding hydrogens is 178 g/mol. The van der Waals surface area contributed by atoms with E-state index in [1.54, 1.807) is 11.3 Å². The second-order valence-electron chi connectivity index (χ2n) is 2.95. The van der Waals surface area contributed by atoms with E-state index in [0.717, 1.165) is 12.8 Å². The van der Waals surface area contributed by atoms with Crippen molar-refractivity contribution in [2.45, 2.75) is 12.8 Å². The van der Waals surface area contributed by atoms with Crippen LogP contribution in [-0.2, 0) is 12.8 Å². The summed E-state index contributed by atoms with van der Waals surface area (Å²) in [6, 6.07) is 10.6. The van der Waals surface area contributed by atoms with Gasteiger partial charge in [-0.05, 0) is 18.4 Å². The lowest BCUT2D eigenvalue weighted by Crippen LogP contribution is -1.87. The number of thiazole rings is 1. The van der Waals surface area contributed by atoms with Crippen molar-refractivity contribution < 1.29 is 0 Å². The molecule has 0 amide bonds. The predicted octanol–water partition coefficient (Wildman–Crippen LogP) is 2.93. The second kappa shape index (κ2) is 4.19. The van der Waals surface area contributed by atoms with Crippen LogP contribution >= 0.6 is 11.3 Å². The summed E-state index contributed by atoms with van der Waals surface area (Å²) in [6.45, 7) is 0. The average Bonchev–Trinajstić information content (AvgIpc) is 2.69. The van der Waals surface area contributed by atoms with E-state index < -0.39 is 0 Å². The van der Waals surface area contributed by atoms with E-state index in [1.807, 2.05) is 11.7 Å². The topological polar surface area (TPSA) is 12.9 Å². The quantitative estimate of drug-likeness (QED) is 0.723. The first-order valence-corrected chi connectivity index (χ1v) is 5.24. The summed E-state index contributed by atoms with van der Waals surface area (Å²) in [4.78, 5) is 5.42. The molecule has 0 aliphatic carbocycles. The smallest absolute Gasteiger partial charge is 0.0794 e. The normalized spacial score (nSPS) is 10.2. The minimum Gasteiger partial charge on any atom is -0.253 e. The number of hydrogen-bond donors (Lipinski definition) is 0. The van der Waals surface area contributed by atoms with E-state index in [1.165, 1.54) is 10.4 Å². The molecule has 0 saturated heterocycles. The molecule has 0 atom stereocenters. The van der Waals surface area contributed by atoms with Gasteiger partial charge < -0.3 is 0 Å². The van der Waals surface area contributed by atoms with Crippen LogP contribution in [0.5, 0.6) is 0 Å². The molecule has 2 rings (SSSR count). The van der Waals surface area contributed by atoms with Crippen molar-refractivity contribution in [1.82, 2.24) is 4.98 Å². The van der Waals surface area contributed by atoms with Gasteiger partial charge >= 0.3 is 0 Å². The van der Waals surface area contributed by atoms with Gasteiger partial charge in [0.25, 0.3) is 0 Å². The first-order chi connectivity index (χ1) is 6.45. The van der Waals surface area contributed by atoms with Crippen molar-refractivity contribution in [2.24, 2.45) is 0 Å². The Kier molecular flexibility index (Phi) is 2.72. The minimum atomic E-state index is 1.11. The van der Waals surface area contributed by atoms with Gasteiger partial charge in [0.2, 0.25) is 0 Å². The molecule has 0 saturated carbocycles. The molecular formula is C11H11NS. The lowest BCUT2D eigenvalue weighted by Gasteiger charge is -1.97. The minimum absolute atomic E-state index is 1.11. The average molecular weight is 189 g/mol. The third-order valence-corrected chi connectivity index (χ3v) is 2.83. The van der Waals surface area contributed by atoms with E-state index in [0.29, 0.717) is 0 Å². The van der Waals surface area contributed by atoms with Crippen molar-refractivity contribution in [1.29, 1.82) is 0 Å². The van der Waals surface area contributed by atoms with Crippen molar-refractivity contribution in [3.05, 3.63) is 52.5 Å². The molecule has 0 N–H and O–H groups in total. The Balaban J connectivity index is 1.94. The fourth-order valence-electron chi connectivity index (χ4n) is 1.28. The standard InChI is InChI=1S/C11H11NS/c1-2-4-10(5-3-1)6-7-11-8-12-9-13-11/h1-5,8-9H,6-7H2. The number of aromatic nitrogens is 1. The number of benzene rings is 1. The fourth-order valence-corrected chi connectivity index (χ4v) is 1.88. The van der Waals surface area contributed by atoms with E-state index in [2.05, 4.69) is 35.3 Å². The number of hydrogen-bond acceptors (Lipinski definition) is 2. The Hall–Kier alpha value is -1.15. The van der Waals surface area contributed by atoms with Crippen LogP contribution in [0.25, 0.3) is 0 Å². The van der Waals surface area contributed by atoms with Gasteiger partial charge in [-0.2, -0.15) is 0 Å². The third-order valence-electron chi connectivity index (χ3n) is 1.99. The molecule has 0 unspecified atom stereocenters. The summed E-state index contributed by atoms with van der Waals surface area (Å²) < 4.78 is 0. The van der Waals surface area contributed by atoms with E-state index >= 15 is 0 Å². The first-order valence-electron chi connectivity index (χ1n) is 4.36. The molecule has 1 nitrogen and oxygen atoms in total. The molecule has 0 aliphatic rings. The summed E-state index contributed by atoms with van der Waals surface area (Å²) in [5.74, 6) is 0. The molecule has 0 aliphatic heterocycles. The first kappa shape index (κ1) is 8.45. The highest BCUT2D eigenvalue weighted by atomic mass is 32.1. The van der Waals surface area contributed by atoms with Gasteiger partial charge in [0.1, 0.15) is 0 Å². The molecule has 13 heavy (non-hydrogen) atoms. The van der Waals surface area contributed by atoms with Crippen LogP contribution in [-0.4, -0.2) is 4.98 Å². The van der Waals surface area contributed by atoms with Gasteiger partial charge in [0.15, 0.2) is 0 Å². The zero-order chi connectivity index (χ0) is 8.93. The zero-order valence-electron chi connectivity index (χ0n) is 7.31. The summed E-state index contributed by atoms with van der Waals surface area (Å²) in [6.07, 6.45) is 4.17. The van der Waals surface area contributed by atoms with Crippen LogP contribution in [0.2, 0.25) is 0 Å². The molecule has 0 spiro atoms. The lowest BCUT2D eigenvalue weighted by atomic mass is 10.1. The molecule has 0 radical (unpaired) electrons. The number of rotatable bonds is 3. The van der Waals surface area contributed by atoms with Gasteiger partial charge in [-0.1, -0.05) is 30.3 Å². The lowest BCUT2D eigenvalue weighted by molar-refractivity contribution is 0.976. The molecule has 2 aromatic rings. The fraction of sp³-hybridized carbons (Fsp3) is 0.182. The molecule has 0 fully saturated rings. The number of aryl methyl sites for hydroxylation is 2. The van der Waals surface area contributed by atoms with E-state index in [-0.39, 0.29) is 0 Å². The van der Waals surface area contributed by atoms with Crippen LogP contribution in [0.3, 0.4) is 0 Å². The Bertz CT molecular complexity index is 340. The van der Waals surface area contributed by atoms with Gasteiger partial charge in [0, 0.05) is 11.1 Å². The van der Waals surface area contributed by atoms with Gasteiger partial charge in [-0.25, -0.2) is 0 Å². The molecule has 1 heterocycles. The van der Waals surface area contributed by atoms with Crippen LogP contribution in [0.1, 0.15) is 10.4 Å². The van der Waals surface area contributed by atoms with Gasteiger partial charge in [-0.3, -0.25) is 4.98 Å². The Labute approximate surface area is 82.1 Å². The maximum absolute atomic E-state index is 4.05. The van der Waals surface area contributed by atoms with E-state index in [4.69, 9.17) is 0 Å². The number of nitrogens with zero attached hydrogens (tertiary/aromatic N) is 1. The van der Waals surface area contributed by atoms with E-state index in [9.17, 15) is 0 Å². The van der Waals surface area contributed by atoms with Crippen LogP contribution < -0.4 is 0 Å². The van der Waals surface area contributed by atoms with Gasteiger partial charge in [0.05, 0.1) is 5.51 Å². The summed E-state index contributed by atoms with van der Waals surface area (Å²) in [5.41, 5.74) is 3.29. The highest BCUT2D eigenvalue weighted by molar-refractivity contribution is 7.09. The SMILES string of the molecule is c1ccc(CCc2cncs2)cc1. The van der Waals surface area contributed by atoms with Crippen molar-refractivity contribution in [3.63, 3.8) is 0 Å². The summed E-state index contributed by atoms with van der Waals surface area (Å²) >= 11 is 1.73. The Morgan fingerprint density at radius 2 is 1.92 bits per heavy atom. The molecule has 2 heteroatoms. The van der Waals surface area contributed by atoms with Crippen molar-refractivity contribution >= 4 is 11.3 Å². The molecule has 1 aromatic heterocycles. The predicted molar refractivity (Wildman–Crippen MR) is 56.0 cm³/mol. The van der Waals surface area contributed by atoms with Crippen molar-refractivity contribution in [2.75, 3.05) is 0 Å². The summed E-state index contributed by atoms with van der Waals surface area (Å²) in [7, 11) is 0. The molecule has 66 valence electrons. The second-order valence-corrected chi connectivity index (χ2v) is 3.92. The van der Waals surface area contributed by atoms with Crippen LogP contribution in [0.4, 0.5) is 0 Å². The Morgan fingerprint density at radius 1 is 1.08 bits per heavy atom. The zero-order valence-corrected chi connectivity index (χ0v) is 8.13.